The third kappa shape index (κ3) is 1.67. The Bertz CT molecular complexity index is 522. The first kappa shape index (κ1) is 10.7. The summed E-state index contributed by atoms with van der Waals surface area (Å²) in [5.41, 5.74) is 1.28. The number of methoxy groups -OCH3 is 1. The summed E-state index contributed by atoms with van der Waals surface area (Å²) in [6, 6.07) is 7.19. The van der Waals surface area contributed by atoms with Crippen LogP contribution in [-0.2, 0) is 0 Å². The van der Waals surface area contributed by atoms with E-state index in [9.17, 15) is 4.79 Å². The summed E-state index contributed by atoms with van der Waals surface area (Å²) < 4.78 is 9.94. The van der Waals surface area contributed by atoms with Crippen molar-refractivity contribution in [3.05, 3.63) is 35.0 Å². The average molecular weight is 238 g/mol. The second-order valence-corrected chi connectivity index (χ2v) is 3.38. The predicted molar refractivity (Wildman–Crippen MR) is 58.9 cm³/mol. The molecule has 0 atom stereocenters. The van der Waals surface area contributed by atoms with Gasteiger partial charge in [0.25, 0.3) is 0 Å². The third-order valence-electron chi connectivity index (χ3n) is 2.16. The van der Waals surface area contributed by atoms with Crippen LogP contribution in [0.1, 0.15) is 10.4 Å². The molecule has 0 aliphatic heterocycles. The van der Waals surface area contributed by atoms with Crippen molar-refractivity contribution in [3.8, 4) is 17.0 Å². The number of ether oxygens (including phenoxy) is 1. The Labute approximate surface area is 96.8 Å². The molecule has 0 fully saturated rings. The second-order valence-electron chi connectivity index (χ2n) is 3.04. The lowest BCUT2D eigenvalue weighted by Crippen LogP contribution is -1.90. The zero-order valence-electron chi connectivity index (χ0n) is 8.44. The highest BCUT2D eigenvalue weighted by atomic mass is 35.5. The summed E-state index contributed by atoms with van der Waals surface area (Å²) >= 11 is 5.69. The van der Waals surface area contributed by atoms with Crippen molar-refractivity contribution < 1.29 is 14.1 Å². The van der Waals surface area contributed by atoms with Gasteiger partial charge in [-0.3, -0.25) is 4.79 Å². The van der Waals surface area contributed by atoms with Crippen LogP contribution in [0, 0.1) is 0 Å². The molecule has 0 bridgehead atoms. The van der Waals surface area contributed by atoms with Crippen molar-refractivity contribution in [1.29, 1.82) is 0 Å². The molecule has 0 saturated carbocycles. The molecule has 0 aliphatic carbocycles. The summed E-state index contributed by atoms with van der Waals surface area (Å²) in [6.07, 6.45) is 0.612. The lowest BCUT2D eigenvalue weighted by Gasteiger charge is -2.04. The fourth-order valence-electron chi connectivity index (χ4n) is 1.41. The molecule has 1 heterocycles. The zero-order chi connectivity index (χ0) is 11.5. The summed E-state index contributed by atoms with van der Waals surface area (Å²) in [4.78, 5) is 10.9. The first-order chi connectivity index (χ1) is 7.77. The quantitative estimate of drug-likeness (QED) is 0.771. The average Bonchev–Trinajstić information content (AvgIpc) is 2.70. The lowest BCUT2D eigenvalue weighted by molar-refractivity contribution is 0.112. The number of nitrogens with zero attached hydrogens (tertiary/aromatic N) is 1. The first-order valence-electron chi connectivity index (χ1n) is 4.51. The van der Waals surface area contributed by atoms with E-state index in [0.29, 0.717) is 23.3 Å². The van der Waals surface area contributed by atoms with Crippen LogP contribution in [-0.4, -0.2) is 18.6 Å². The van der Waals surface area contributed by atoms with Gasteiger partial charge >= 0.3 is 0 Å². The van der Waals surface area contributed by atoms with E-state index in [2.05, 4.69) is 5.16 Å². The van der Waals surface area contributed by atoms with Crippen molar-refractivity contribution in [3.63, 3.8) is 0 Å². The molecular formula is C11H8ClNO3. The summed E-state index contributed by atoms with van der Waals surface area (Å²) in [6.45, 7) is 0. The Morgan fingerprint density at radius 3 is 2.88 bits per heavy atom. The molecule has 0 unspecified atom stereocenters. The van der Waals surface area contributed by atoms with E-state index in [1.807, 2.05) is 12.1 Å². The van der Waals surface area contributed by atoms with Gasteiger partial charge in [0.2, 0.25) is 5.22 Å². The van der Waals surface area contributed by atoms with Crippen LogP contribution in [0.4, 0.5) is 0 Å². The largest absolute Gasteiger partial charge is 0.496 e. The molecule has 0 saturated heterocycles. The Hall–Kier alpha value is -1.81. The molecule has 0 N–H and O–H groups in total. The van der Waals surface area contributed by atoms with Gasteiger partial charge in [0.15, 0.2) is 6.29 Å². The minimum Gasteiger partial charge on any atom is -0.496 e. The van der Waals surface area contributed by atoms with E-state index in [4.69, 9.17) is 20.9 Å². The van der Waals surface area contributed by atoms with Crippen LogP contribution in [0.15, 0.2) is 28.8 Å². The maximum absolute atomic E-state index is 10.9. The van der Waals surface area contributed by atoms with Crippen LogP contribution in [0.3, 0.4) is 0 Å². The van der Waals surface area contributed by atoms with Crippen LogP contribution in [0.5, 0.6) is 5.75 Å². The summed E-state index contributed by atoms with van der Waals surface area (Å²) in [5, 5.41) is 3.73. The first-order valence-corrected chi connectivity index (χ1v) is 4.89. The van der Waals surface area contributed by atoms with Gasteiger partial charge in [0.05, 0.1) is 7.11 Å². The Morgan fingerprint density at radius 1 is 1.44 bits per heavy atom. The molecule has 2 aromatic rings. The number of hydrogen-bond acceptors (Lipinski definition) is 4. The standard InChI is InChI=1S/C11H8ClNO3/c1-15-9-5-3-2-4-7(9)10-8(6-14)11(12)16-13-10/h2-6H,1H3. The zero-order valence-corrected chi connectivity index (χ0v) is 9.19. The van der Waals surface area contributed by atoms with E-state index in [1.54, 1.807) is 19.2 Å². The number of benzene rings is 1. The van der Waals surface area contributed by atoms with Gasteiger partial charge in [-0.25, -0.2) is 0 Å². The number of aldehydes is 1. The van der Waals surface area contributed by atoms with Gasteiger partial charge in [0, 0.05) is 5.56 Å². The SMILES string of the molecule is COc1ccccc1-c1noc(Cl)c1C=O. The molecule has 0 radical (unpaired) electrons. The molecule has 16 heavy (non-hydrogen) atoms. The second kappa shape index (κ2) is 4.37. The predicted octanol–water partition coefficient (Wildman–Crippen LogP) is 2.82. The Morgan fingerprint density at radius 2 is 2.19 bits per heavy atom. The minimum absolute atomic E-state index is 0.0177. The van der Waals surface area contributed by atoms with Gasteiger partial charge in [-0.15, -0.1) is 0 Å². The number of halogens is 1. The highest BCUT2D eigenvalue weighted by Crippen LogP contribution is 2.33. The molecular weight excluding hydrogens is 230 g/mol. The lowest BCUT2D eigenvalue weighted by atomic mass is 10.1. The van der Waals surface area contributed by atoms with E-state index >= 15 is 0 Å². The van der Waals surface area contributed by atoms with Gasteiger partial charge in [0.1, 0.15) is 17.0 Å². The van der Waals surface area contributed by atoms with Gasteiger partial charge in [-0.05, 0) is 23.7 Å². The molecule has 0 spiro atoms. The number of para-hydroxylation sites is 1. The van der Waals surface area contributed by atoms with Crippen molar-refractivity contribution in [2.45, 2.75) is 0 Å². The van der Waals surface area contributed by atoms with Crippen LogP contribution in [0.25, 0.3) is 11.3 Å². The maximum atomic E-state index is 10.9. The maximum Gasteiger partial charge on any atom is 0.237 e. The number of aromatic nitrogens is 1. The molecule has 2 rings (SSSR count). The molecule has 1 aromatic carbocycles. The molecule has 0 amide bonds. The third-order valence-corrected chi connectivity index (χ3v) is 2.44. The van der Waals surface area contributed by atoms with Crippen molar-refractivity contribution in [2.75, 3.05) is 7.11 Å². The molecule has 0 aliphatic rings. The monoisotopic (exact) mass is 237 g/mol. The number of carbonyl (C=O) groups excluding carboxylic acids is 1. The fourth-order valence-corrected chi connectivity index (χ4v) is 1.58. The Balaban J connectivity index is 2.62. The number of hydrogen-bond donors (Lipinski definition) is 0. The van der Waals surface area contributed by atoms with Crippen LogP contribution >= 0.6 is 11.6 Å². The van der Waals surface area contributed by atoms with Gasteiger partial charge in [-0.1, -0.05) is 17.3 Å². The molecule has 4 nitrogen and oxygen atoms in total. The number of carbonyl (C=O) groups is 1. The highest BCUT2D eigenvalue weighted by molar-refractivity contribution is 6.31. The van der Waals surface area contributed by atoms with E-state index in [-0.39, 0.29) is 10.8 Å². The highest BCUT2D eigenvalue weighted by Gasteiger charge is 2.18. The van der Waals surface area contributed by atoms with E-state index < -0.39 is 0 Å². The van der Waals surface area contributed by atoms with Crippen molar-refractivity contribution in [1.82, 2.24) is 5.16 Å². The number of rotatable bonds is 3. The van der Waals surface area contributed by atoms with Crippen LogP contribution in [0.2, 0.25) is 5.22 Å². The summed E-state index contributed by atoms with van der Waals surface area (Å²) in [5.74, 6) is 0.607. The minimum atomic E-state index is -0.0177. The molecule has 1 aromatic heterocycles. The molecule has 82 valence electrons. The van der Waals surface area contributed by atoms with Crippen molar-refractivity contribution in [2.24, 2.45) is 0 Å². The molecule has 5 heteroatoms. The van der Waals surface area contributed by atoms with Gasteiger partial charge in [-0.2, -0.15) is 0 Å². The fraction of sp³-hybridized carbons (Fsp3) is 0.0909. The topological polar surface area (TPSA) is 52.3 Å². The smallest absolute Gasteiger partial charge is 0.237 e. The van der Waals surface area contributed by atoms with Gasteiger partial charge < -0.3 is 9.26 Å². The van der Waals surface area contributed by atoms with E-state index in [1.165, 1.54) is 0 Å². The van der Waals surface area contributed by atoms with Crippen LogP contribution < -0.4 is 4.74 Å². The Kier molecular flexibility index (Phi) is 2.92. The normalized spacial score (nSPS) is 10.1. The van der Waals surface area contributed by atoms with Crippen molar-refractivity contribution >= 4 is 17.9 Å². The van der Waals surface area contributed by atoms with E-state index in [0.717, 1.165) is 0 Å². The summed E-state index contributed by atoms with van der Waals surface area (Å²) in [7, 11) is 1.54.